The van der Waals surface area contributed by atoms with Crippen LogP contribution in [0.3, 0.4) is 0 Å². The number of esters is 2. The van der Waals surface area contributed by atoms with E-state index in [9.17, 15) is 19.7 Å². The van der Waals surface area contributed by atoms with Crippen LogP contribution in [-0.4, -0.2) is 26.8 Å². The van der Waals surface area contributed by atoms with Gasteiger partial charge in [-0.1, -0.05) is 60.7 Å². The molecule has 8 nitrogen and oxygen atoms in total. The number of H-pyrrole nitrogens is 1. The van der Waals surface area contributed by atoms with Gasteiger partial charge in [-0.05, 0) is 17.5 Å². The van der Waals surface area contributed by atoms with E-state index in [-0.39, 0.29) is 5.69 Å². The Kier molecular flexibility index (Phi) is 4.53. The predicted molar refractivity (Wildman–Crippen MR) is 129 cm³/mol. The number of imidazole rings is 1. The van der Waals surface area contributed by atoms with Crippen molar-refractivity contribution >= 4 is 28.4 Å². The molecule has 0 saturated heterocycles. The summed E-state index contributed by atoms with van der Waals surface area (Å²) in [6.45, 7) is 0. The third-order valence-electron chi connectivity index (χ3n) is 6.02. The van der Waals surface area contributed by atoms with E-state index in [0.717, 1.165) is 11.1 Å². The second-order valence-electron chi connectivity index (χ2n) is 8.05. The summed E-state index contributed by atoms with van der Waals surface area (Å²) in [5.41, 5.74) is 4.02. The number of nitro benzene ring substituents is 1. The van der Waals surface area contributed by atoms with E-state index in [1.54, 1.807) is 36.4 Å². The van der Waals surface area contributed by atoms with Gasteiger partial charge in [-0.15, -0.1) is 0 Å². The summed E-state index contributed by atoms with van der Waals surface area (Å²) in [5.74, 6) is -0.913. The number of carbonyl (C=O) groups is 2. The van der Waals surface area contributed by atoms with Gasteiger partial charge < -0.3 is 9.72 Å². The lowest BCUT2D eigenvalue weighted by Crippen LogP contribution is -2.19. The highest BCUT2D eigenvalue weighted by Gasteiger charge is 2.29. The molecule has 5 aromatic rings. The Morgan fingerprint density at radius 2 is 1.46 bits per heavy atom. The number of nitrogens with one attached hydrogen (secondary N) is 1. The smallest absolute Gasteiger partial charge is 0.346 e. The van der Waals surface area contributed by atoms with Crippen LogP contribution in [0.1, 0.15) is 20.7 Å². The van der Waals surface area contributed by atoms with Gasteiger partial charge in [0.25, 0.3) is 5.69 Å². The Labute approximate surface area is 198 Å². The lowest BCUT2D eigenvalue weighted by atomic mass is 9.92. The molecule has 1 N–H and O–H groups in total. The Hall–Kier alpha value is -5.11. The van der Waals surface area contributed by atoms with Crippen LogP contribution in [0.4, 0.5) is 5.69 Å². The minimum absolute atomic E-state index is 0.0414. The van der Waals surface area contributed by atoms with Crippen LogP contribution >= 0.6 is 0 Å². The molecular weight excluding hydrogens is 446 g/mol. The highest BCUT2D eigenvalue weighted by Crippen LogP contribution is 2.40. The average molecular weight is 461 g/mol. The number of hydrogen-bond donors (Lipinski definition) is 1. The molecule has 1 aliphatic heterocycles. The van der Waals surface area contributed by atoms with E-state index in [2.05, 4.69) is 4.98 Å². The molecular formula is C27H15N3O5. The number of ether oxygens (including phenoxy) is 1. The number of hydrogen-bond acceptors (Lipinski definition) is 6. The number of aromatic amines is 1. The highest BCUT2D eigenvalue weighted by molar-refractivity contribution is 6.22. The summed E-state index contributed by atoms with van der Waals surface area (Å²) in [7, 11) is 0. The molecule has 0 bridgehead atoms. The normalized spacial score (nSPS) is 12.6. The molecule has 0 spiro atoms. The monoisotopic (exact) mass is 461 g/mol. The van der Waals surface area contributed by atoms with E-state index in [4.69, 9.17) is 9.72 Å². The first-order valence-electron chi connectivity index (χ1n) is 10.7. The summed E-state index contributed by atoms with van der Waals surface area (Å²) in [5, 5.41) is 12.5. The standard InChI is InChI=1S/C27H15N3O5/c31-26-20-11-5-10-18-19(12-13-21(22(18)20)27(32)35-26)24-23(15-6-2-1-3-7-15)28-25(29-24)16-8-4-9-17(14-16)30(33)34/h1-14H,(H,28,29). The van der Waals surface area contributed by atoms with Gasteiger partial charge in [0.1, 0.15) is 5.82 Å². The van der Waals surface area contributed by atoms with Crippen molar-refractivity contribution in [3.05, 3.63) is 106 Å². The van der Waals surface area contributed by atoms with Crippen LogP contribution in [0.25, 0.3) is 44.7 Å². The van der Waals surface area contributed by atoms with Gasteiger partial charge >= 0.3 is 11.9 Å². The molecule has 35 heavy (non-hydrogen) atoms. The van der Waals surface area contributed by atoms with Gasteiger partial charge in [0.2, 0.25) is 0 Å². The maximum Gasteiger partial charge on any atom is 0.346 e. The fourth-order valence-corrected chi connectivity index (χ4v) is 4.44. The second-order valence-corrected chi connectivity index (χ2v) is 8.05. The predicted octanol–water partition coefficient (Wildman–Crippen LogP) is 5.78. The fraction of sp³-hybridized carbons (Fsp3) is 0. The van der Waals surface area contributed by atoms with E-state index < -0.39 is 16.9 Å². The highest BCUT2D eigenvalue weighted by atomic mass is 16.6. The third-order valence-corrected chi connectivity index (χ3v) is 6.02. The Bertz CT molecular complexity index is 1670. The molecule has 1 aromatic heterocycles. The van der Waals surface area contributed by atoms with Crippen molar-refractivity contribution in [2.75, 3.05) is 0 Å². The zero-order valence-corrected chi connectivity index (χ0v) is 18.0. The minimum atomic E-state index is -0.685. The lowest BCUT2D eigenvalue weighted by Gasteiger charge is -2.17. The first kappa shape index (κ1) is 20.5. The van der Waals surface area contributed by atoms with E-state index in [0.29, 0.717) is 44.7 Å². The van der Waals surface area contributed by atoms with E-state index >= 15 is 0 Å². The molecule has 0 aliphatic carbocycles. The van der Waals surface area contributed by atoms with Crippen molar-refractivity contribution in [2.24, 2.45) is 0 Å². The van der Waals surface area contributed by atoms with Gasteiger partial charge in [-0.3, -0.25) is 10.1 Å². The molecule has 6 rings (SSSR count). The van der Waals surface area contributed by atoms with Crippen molar-refractivity contribution in [2.45, 2.75) is 0 Å². The number of nitrogens with zero attached hydrogens (tertiary/aromatic N) is 2. The van der Waals surface area contributed by atoms with Gasteiger partial charge in [-0.2, -0.15) is 0 Å². The molecule has 0 fully saturated rings. The number of cyclic esters (lactones) is 2. The number of benzene rings is 4. The summed E-state index contributed by atoms with van der Waals surface area (Å²) < 4.78 is 4.88. The van der Waals surface area contributed by atoms with Gasteiger partial charge in [0, 0.05) is 34.2 Å². The molecule has 2 heterocycles. The second kappa shape index (κ2) is 7.74. The molecule has 0 radical (unpaired) electrons. The van der Waals surface area contributed by atoms with Gasteiger partial charge in [-0.25, -0.2) is 14.6 Å². The van der Waals surface area contributed by atoms with E-state index in [1.165, 1.54) is 12.1 Å². The van der Waals surface area contributed by atoms with Crippen molar-refractivity contribution in [3.63, 3.8) is 0 Å². The summed E-state index contributed by atoms with van der Waals surface area (Å²) in [6.07, 6.45) is 0. The van der Waals surface area contributed by atoms with Crippen LogP contribution < -0.4 is 0 Å². The molecule has 168 valence electrons. The maximum atomic E-state index is 12.4. The van der Waals surface area contributed by atoms with Crippen LogP contribution in [0, 0.1) is 10.1 Å². The zero-order chi connectivity index (χ0) is 24.1. The number of non-ortho nitro benzene ring substituents is 1. The number of rotatable bonds is 4. The minimum Gasteiger partial charge on any atom is -0.386 e. The summed E-state index contributed by atoms with van der Waals surface area (Å²) in [6, 6.07) is 24.4. The number of carbonyl (C=O) groups excluding carboxylic acids is 2. The topological polar surface area (TPSA) is 115 Å². The lowest BCUT2D eigenvalue weighted by molar-refractivity contribution is -0.384. The largest absolute Gasteiger partial charge is 0.386 e. The van der Waals surface area contributed by atoms with Gasteiger partial charge in [0.15, 0.2) is 0 Å². The summed E-state index contributed by atoms with van der Waals surface area (Å²) >= 11 is 0. The van der Waals surface area contributed by atoms with E-state index in [1.807, 2.05) is 36.4 Å². The van der Waals surface area contributed by atoms with Crippen molar-refractivity contribution in [1.82, 2.24) is 9.97 Å². The average Bonchev–Trinajstić information content (AvgIpc) is 3.33. The first-order chi connectivity index (χ1) is 17.0. The quantitative estimate of drug-likeness (QED) is 0.157. The molecule has 0 unspecified atom stereocenters. The molecule has 1 aliphatic rings. The number of nitro groups is 1. The fourth-order valence-electron chi connectivity index (χ4n) is 4.44. The zero-order valence-electron chi connectivity index (χ0n) is 18.0. The van der Waals surface area contributed by atoms with Crippen molar-refractivity contribution in [1.29, 1.82) is 0 Å². The first-order valence-corrected chi connectivity index (χ1v) is 10.7. The van der Waals surface area contributed by atoms with Crippen molar-refractivity contribution < 1.29 is 19.2 Å². The van der Waals surface area contributed by atoms with Crippen LogP contribution in [0.2, 0.25) is 0 Å². The summed E-state index contributed by atoms with van der Waals surface area (Å²) in [4.78, 5) is 43.7. The Morgan fingerprint density at radius 1 is 0.771 bits per heavy atom. The third kappa shape index (κ3) is 3.27. The Morgan fingerprint density at radius 3 is 2.23 bits per heavy atom. The molecule has 0 atom stereocenters. The van der Waals surface area contributed by atoms with Crippen molar-refractivity contribution in [3.8, 4) is 33.9 Å². The van der Waals surface area contributed by atoms with Crippen LogP contribution in [0.15, 0.2) is 84.9 Å². The molecule has 0 saturated carbocycles. The SMILES string of the molecule is O=C1OC(=O)c2ccc(-c3[nH]c(-c4cccc([N+](=O)[O-])c4)nc3-c3ccccc3)c3cccc1c23. The van der Waals surface area contributed by atoms with Crippen LogP contribution in [0.5, 0.6) is 0 Å². The number of aromatic nitrogens is 2. The Balaban J connectivity index is 1.63. The van der Waals surface area contributed by atoms with Gasteiger partial charge in [0.05, 0.1) is 27.4 Å². The van der Waals surface area contributed by atoms with Crippen LogP contribution in [-0.2, 0) is 4.74 Å². The maximum absolute atomic E-state index is 12.4. The molecule has 4 aromatic carbocycles. The molecule has 8 heteroatoms. The molecule has 0 amide bonds.